The summed E-state index contributed by atoms with van der Waals surface area (Å²) in [6.07, 6.45) is 0.187. The van der Waals surface area contributed by atoms with Gasteiger partial charge in [-0.1, -0.05) is 0 Å². The molecule has 0 radical (unpaired) electrons. The fourth-order valence-corrected chi connectivity index (χ4v) is 1.26. The lowest BCUT2D eigenvalue weighted by Crippen LogP contribution is -2.30. The third kappa shape index (κ3) is 9.09. The molecule has 0 aliphatic heterocycles. The molecule has 0 heterocycles. The highest BCUT2D eigenvalue weighted by Crippen LogP contribution is 2.02. The zero-order chi connectivity index (χ0) is 13.1. The SMILES string of the molecule is CCOCCOCC(CC(=O)N(C)C)OCC. The van der Waals surface area contributed by atoms with Gasteiger partial charge in [-0.2, -0.15) is 0 Å². The molecule has 0 aliphatic carbocycles. The summed E-state index contributed by atoms with van der Waals surface area (Å²) in [7, 11) is 3.47. The monoisotopic (exact) mass is 247 g/mol. The van der Waals surface area contributed by atoms with Crippen LogP contribution in [-0.2, 0) is 19.0 Å². The number of rotatable bonds is 10. The normalized spacial score (nSPS) is 12.5. The Morgan fingerprint density at radius 2 is 1.76 bits per heavy atom. The molecule has 0 N–H and O–H groups in total. The highest BCUT2D eigenvalue weighted by molar-refractivity contribution is 5.76. The molecule has 17 heavy (non-hydrogen) atoms. The van der Waals surface area contributed by atoms with Crippen LogP contribution in [0.5, 0.6) is 0 Å². The first-order chi connectivity index (χ1) is 8.11. The fourth-order valence-electron chi connectivity index (χ4n) is 1.26. The fraction of sp³-hybridized carbons (Fsp3) is 0.917. The Bertz CT molecular complexity index is 197. The van der Waals surface area contributed by atoms with Crippen LogP contribution in [0.4, 0.5) is 0 Å². The van der Waals surface area contributed by atoms with Crippen molar-refractivity contribution in [2.24, 2.45) is 0 Å². The molecule has 5 heteroatoms. The maximum absolute atomic E-state index is 11.5. The summed E-state index contributed by atoms with van der Waals surface area (Å²) < 4.78 is 16.0. The molecular formula is C12H25NO4. The van der Waals surface area contributed by atoms with E-state index in [1.165, 1.54) is 0 Å². The van der Waals surface area contributed by atoms with Crippen molar-refractivity contribution in [2.75, 3.05) is 47.1 Å². The molecule has 0 aromatic carbocycles. The number of hydrogen-bond donors (Lipinski definition) is 0. The first kappa shape index (κ1) is 16.4. The topological polar surface area (TPSA) is 48.0 Å². The summed E-state index contributed by atoms with van der Waals surface area (Å²) >= 11 is 0. The molecule has 0 rings (SSSR count). The van der Waals surface area contributed by atoms with Gasteiger partial charge in [-0.05, 0) is 13.8 Å². The van der Waals surface area contributed by atoms with Gasteiger partial charge in [0.2, 0.25) is 5.91 Å². The zero-order valence-corrected chi connectivity index (χ0v) is 11.4. The average Bonchev–Trinajstić information content (AvgIpc) is 2.28. The lowest BCUT2D eigenvalue weighted by molar-refractivity contribution is -0.133. The van der Waals surface area contributed by atoms with Crippen molar-refractivity contribution in [2.45, 2.75) is 26.4 Å². The molecule has 0 fully saturated rings. The Labute approximate surface area is 104 Å². The van der Waals surface area contributed by atoms with Crippen LogP contribution in [0.25, 0.3) is 0 Å². The summed E-state index contributed by atoms with van der Waals surface area (Å²) in [5.74, 6) is 0.0526. The molecule has 0 saturated heterocycles. The molecule has 0 spiro atoms. The van der Waals surface area contributed by atoms with Crippen molar-refractivity contribution in [1.29, 1.82) is 0 Å². The van der Waals surface area contributed by atoms with E-state index >= 15 is 0 Å². The first-order valence-corrected chi connectivity index (χ1v) is 6.09. The van der Waals surface area contributed by atoms with E-state index in [4.69, 9.17) is 14.2 Å². The van der Waals surface area contributed by atoms with Gasteiger partial charge in [-0.15, -0.1) is 0 Å². The molecule has 0 bridgehead atoms. The molecule has 5 nitrogen and oxygen atoms in total. The molecule has 1 amide bonds. The number of nitrogens with zero attached hydrogens (tertiary/aromatic N) is 1. The predicted molar refractivity (Wildman–Crippen MR) is 66.0 cm³/mol. The van der Waals surface area contributed by atoms with Crippen LogP contribution in [0.2, 0.25) is 0 Å². The number of hydrogen-bond acceptors (Lipinski definition) is 4. The summed E-state index contributed by atoms with van der Waals surface area (Å²) in [5.41, 5.74) is 0. The number of carbonyl (C=O) groups excluding carboxylic acids is 1. The second-order valence-corrected chi connectivity index (χ2v) is 3.84. The van der Waals surface area contributed by atoms with Crippen LogP contribution in [-0.4, -0.2) is 64.0 Å². The molecule has 0 aromatic heterocycles. The van der Waals surface area contributed by atoms with E-state index in [0.29, 0.717) is 39.5 Å². The maximum atomic E-state index is 11.5. The zero-order valence-electron chi connectivity index (χ0n) is 11.4. The molecular weight excluding hydrogens is 222 g/mol. The molecule has 0 aliphatic rings. The second-order valence-electron chi connectivity index (χ2n) is 3.84. The van der Waals surface area contributed by atoms with Gasteiger partial charge in [-0.3, -0.25) is 4.79 Å². The van der Waals surface area contributed by atoms with Crippen LogP contribution < -0.4 is 0 Å². The Morgan fingerprint density at radius 1 is 1.12 bits per heavy atom. The summed E-state index contributed by atoms with van der Waals surface area (Å²) in [6, 6.07) is 0. The van der Waals surface area contributed by atoms with Gasteiger partial charge in [-0.25, -0.2) is 0 Å². The predicted octanol–water partition coefficient (Wildman–Crippen LogP) is 0.923. The quantitative estimate of drug-likeness (QED) is 0.539. The first-order valence-electron chi connectivity index (χ1n) is 6.09. The van der Waals surface area contributed by atoms with Gasteiger partial charge in [0, 0.05) is 27.3 Å². The Hall–Kier alpha value is -0.650. The molecule has 0 saturated carbocycles. The Kier molecular flexibility index (Phi) is 10.1. The minimum absolute atomic E-state index is 0.0526. The highest BCUT2D eigenvalue weighted by Gasteiger charge is 2.15. The molecule has 1 atom stereocenters. The Balaban J connectivity index is 3.78. The molecule has 1 unspecified atom stereocenters. The number of carbonyl (C=O) groups is 1. The third-order valence-corrected chi connectivity index (χ3v) is 2.18. The minimum atomic E-state index is -0.170. The van der Waals surface area contributed by atoms with Crippen LogP contribution in [0, 0.1) is 0 Å². The van der Waals surface area contributed by atoms with E-state index in [2.05, 4.69) is 0 Å². The van der Waals surface area contributed by atoms with E-state index in [1.807, 2.05) is 13.8 Å². The summed E-state index contributed by atoms with van der Waals surface area (Å²) in [4.78, 5) is 13.1. The van der Waals surface area contributed by atoms with E-state index in [0.717, 1.165) is 0 Å². The van der Waals surface area contributed by atoms with Crippen LogP contribution >= 0.6 is 0 Å². The van der Waals surface area contributed by atoms with Crippen molar-refractivity contribution < 1.29 is 19.0 Å². The van der Waals surface area contributed by atoms with Crippen LogP contribution in [0.1, 0.15) is 20.3 Å². The second kappa shape index (κ2) is 10.5. The summed E-state index contributed by atoms with van der Waals surface area (Å²) in [6.45, 7) is 6.68. The van der Waals surface area contributed by atoms with Crippen molar-refractivity contribution >= 4 is 5.91 Å². The van der Waals surface area contributed by atoms with Gasteiger partial charge in [0.25, 0.3) is 0 Å². The highest BCUT2D eigenvalue weighted by atomic mass is 16.5. The third-order valence-electron chi connectivity index (χ3n) is 2.18. The van der Waals surface area contributed by atoms with Gasteiger partial charge >= 0.3 is 0 Å². The number of ether oxygens (including phenoxy) is 3. The lowest BCUT2D eigenvalue weighted by Gasteiger charge is -2.19. The molecule has 0 aromatic rings. The van der Waals surface area contributed by atoms with Crippen molar-refractivity contribution in [3.8, 4) is 0 Å². The van der Waals surface area contributed by atoms with Crippen molar-refractivity contribution in [3.63, 3.8) is 0 Å². The smallest absolute Gasteiger partial charge is 0.224 e. The van der Waals surface area contributed by atoms with E-state index in [9.17, 15) is 4.79 Å². The largest absolute Gasteiger partial charge is 0.379 e. The van der Waals surface area contributed by atoms with Crippen molar-refractivity contribution in [3.05, 3.63) is 0 Å². The van der Waals surface area contributed by atoms with Gasteiger partial charge in [0.05, 0.1) is 32.3 Å². The van der Waals surface area contributed by atoms with Gasteiger partial charge in [0.1, 0.15) is 0 Å². The lowest BCUT2D eigenvalue weighted by atomic mass is 10.2. The average molecular weight is 247 g/mol. The van der Waals surface area contributed by atoms with Crippen molar-refractivity contribution in [1.82, 2.24) is 4.90 Å². The van der Waals surface area contributed by atoms with Gasteiger partial charge in [0.15, 0.2) is 0 Å². The standard InChI is InChI=1S/C12H25NO4/c1-5-15-7-8-16-10-11(17-6-2)9-12(14)13(3)4/h11H,5-10H2,1-4H3. The van der Waals surface area contributed by atoms with Crippen LogP contribution in [0.15, 0.2) is 0 Å². The summed E-state index contributed by atoms with van der Waals surface area (Å²) in [5, 5.41) is 0. The van der Waals surface area contributed by atoms with E-state index < -0.39 is 0 Å². The van der Waals surface area contributed by atoms with Gasteiger partial charge < -0.3 is 19.1 Å². The van der Waals surface area contributed by atoms with Crippen LogP contribution in [0.3, 0.4) is 0 Å². The molecule has 102 valence electrons. The Morgan fingerprint density at radius 3 is 2.29 bits per heavy atom. The minimum Gasteiger partial charge on any atom is -0.379 e. The van der Waals surface area contributed by atoms with E-state index in [-0.39, 0.29) is 12.0 Å². The maximum Gasteiger partial charge on any atom is 0.224 e. The number of amides is 1. The van der Waals surface area contributed by atoms with E-state index in [1.54, 1.807) is 19.0 Å².